The number of halogens is 2. The SMILES string of the molecule is CC1=Cc2c(-c3ccccc3)cccc2[CH]1[Hf+2]([CH3])([CH3])(=[SiH2])[CH]1C(C)=Cc2c(-c3ccccc3)cccc21.[Cl-].[Cl-]. The summed E-state index contributed by atoms with van der Waals surface area (Å²) in [5, 5.41) is 0. The van der Waals surface area contributed by atoms with Crippen molar-refractivity contribution in [1.82, 2.24) is 0 Å². The summed E-state index contributed by atoms with van der Waals surface area (Å²) in [6, 6.07) is 35.8. The van der Waals surface area contributed by atoms with Crippen molar-refractivity contribution in [2.45, 2.75) is 30.6 Å². The van der Waals surface area contributed by atoms with Crippen LogP contribution in [-0.2, 0) is 17.1 Å². The first-order chi connectivity index (χ1) is 17.2. The molecule has 0 aliphatic heterocycles. The van der Waals surface area contributed by atoms with Crippen LogP contribution in [0, 0.1) is 0 Å². The maximum Gasteiger partial charge on any atom is -1.00 e. The first-order valence-electron chi connectivity index (χ1n) is 13.0. The molecule has 0 aromatic heterocycles. The summed E-state index contributed by atoms with van der Waals surface area (Å²) < 4.78 is 6.57. The molecule has 2 atom stereocenters. The maximum atomic E-state index is 2.73. The fraction of sp³-hybridized carbons (Fsp3) is 0.176. The Kier molecular flexibility index (Phi) is 8.05. The molecule has 0 spiro atoms. The predicted octanol–water partition coefficient (Wildman–Crippen LogP) is 2.98. The van der Waals surface area contributed by atoms with E-state index in [0.717, 1.165) is 0 Å². The smallest absolute Gasteiger partial charge is 1.00 e. The zero-order valence-electron chi connectivity index (χ0n) is 22.5. The fourth-order valence-corrected chi connectivity index (χ4v) is 38.1. The van der Waals surface area contributed by atoms with Crippen LogP contribution in [0.15, 0.2) is 108 Å². The van der Waals surface area contributed by atoms with Crippen LogP contribution < -0.4 is 24.8 Å². The Morgan fingerprint density at radius 1 is 0.526 bits per heavy atom. The molecule has 0 fully saturated rings. The number of hydrogen-bond acceptors (Lipinski definition) is 0. The Morgan fingerprint density at radius 3 is 1.26 bits per heavy atom. The molecule has 192 valence electrons. The van der Waals surface area contributed by atoms with E-state index in [9.17, 15) is 0 Å². The summed E-state index contributed by atoms with van der Waals surface area (Å²) in [4.78, 5) is 0. The van der Waals surface area contributed by atoms with E-state index in [0.29, 0.717) is 7.35 Å². The molecule has 38 heavy (non-hydrogen) atoms. The average molecular weight is 720 g/mol. The first kappa shape index (κ1) is 29.0. The largest absolute Gasteiger partial charge is 1.00 e. The van der Waals surface area contributed by atoms with Crippen molar-refractivity contribution in [3.63, 3.8) is 0 Å². The molecular formula is C34H34Cl2HfSi. The number of hydrogen-bond donors (Lipinski definition) is 0. The van der Waals surface area contributed by atoms with Gasteiger partial charge in [0.2, 0.25) is 0 Å². The number of fused-ring (bicyclic) bond motifs is 2. The summed E-state index contributed by atoms with van der Waals surface area (Å²) in [6.07, 6.45) is 5.02. The van der Waals surface area contributed by atoms with Gasteiger partial charge in [-0.05, 0) is 0 Å². The average Bonchev–Trinajstić information content (AvgIpc) is 3.41. The van der Waals surface area contributed by atoms with Gasteiger partial charge >= 0.3 is 219 Å². The zero-order chi connectivity index (χ0) is 25.1. The number of rotatable bonds is 4. The van der Waals surface area contributed by atoms with Gasteiger partial charge in [-0.3, -0.25) is 0 Å². The van der Waals surface area contributed by atoms with Gasteiger partial charge in [-0.1, -0.05) is 0 Å². The van der Waals surface area contributed by atoms with Gasteiger partial charge in [-0.15, -0.1) is 0 Å². The summed E-state index contributed by atoms with van der Waals surface area (Å²) >= 11 is -3.62. The number of benzene rings is 4. The molecule has 6 rings (SSSR count). The minimum atomic E-state index is -3.62. The van der Waals surface area contributed by atoms with Crippen LogP contribution in [0.1, 0.15) is 43.5 Å². The van der Waals surface area contributed by atoms with Crippen LogP contribution in [0.25, 0.3) is 34.4 Å². The molecule has 0 amide bonds. The Morgan fingerprint density at radius 2 is 0.895 bits per heavy atom. The van der Waals surface area contributed by atoms with Crippen LogP contribution in [0.3, 0.4) is 0 Å². The Bertz CT molecular complexity index is 1510. The molecule has 2 aliphatic rings. The van der Waals surface area contributed by atoms with Crippen LogP contribution in [0.2, 0.25) is 9.36 Å². The molecule has 0 bridgehead atoms. The summed E-state index contributed by atoms with van der Waals surface area (Å²) in [7, 11) is 0. The van der Waals surface area contributed by atoms with Gasteiger partial charge in [-0.25, -0.2) is 0 Å². The molecular weight excluding hydrogens is 686 g/mol. The van der Waals surface area contributed by atoms with Gasteiger partial charge in [0.25, 0.3) is 0 Å². The zero-order valence-corrected chi connectivity index (χ0v) is 29.0. The van der Waals surface area contributed by atoms with Crippen LogP contribution in [-0.4, -0.2) is 6.94 Å². The third kappa shape index (κ3) is 4.58. The molecule has 4 aromatic carbocycles. The van der Waals surface area contributed by atoms with E-state index in [-0.39, 0.29) is 24.8 Å². The van der Waals surface area contributed by atoms with Crippen molar-refractivity contribution in [1.29, 1.82) is 0 Å². The summed E-state index contributed by atoms with van der Waals surface area (Å²) in [5.41, 5.74) is 14.5. The van der Waals surface area contributed by atoms with Crippen LogP contribution >= 0.6 is 0 Å². The molecule has 4 aromatic rings. The van der Waals surface area contributed by atoms with Gasteiger partial charge in [0.15, 0.2) is 0 Å². The van der Waals surface area contributed by atoms with Gasteiger partial charge in [0, 0.05) is 0 Å². The van der Waals surface area contributed by atoms with Gasteiger partial charge in [0.05, 0.1) is 0 Å². The quantitative estimate of drug-likeness (QED) is 0.285. The first-order valence-corrected chi connectivity index (χ1v) is 32.7. The molecule has 0 N–H and O–H groups in total. The van der Waals surface area contributed by atoms with E-state index in [4.69, 9.17) is 0 Å². The topological polar surface area (TPSA) is 0 Å². The second-order valence-corrected chi connectivity index (χ2v) is 55.4. The van der Waals surface area contributed by atoms with Crippen molar-refractivity contribution in [3.8, 4) is 22.3 Å². The molecule has 0 saturated heterocycles. The Hall–Kier alpha value is -1.97. The molecule has 4 heteroatoms. The second kappa shape index (κ2) is 10.5. The van der Waals surface area contributed by atoms with E-state index in [1.165, 1.54) is 33.4 Å². The standard InChI is InChI=1S/2C16H13.2CH3.2ClH.Hf.H2Si/c2*1-12-10-14-8-5-9-15(16(14)11-12)13-6-3-2-4-7-13;;;;;;/h2*2-11H,1H3;2*1H3;2*1H;;1H2/q;;;;;;+2;/p-2. The van der Waals surface area contributed by atoms with Crippen LogP contribution in [0.5, 0.6) is 0 Å². The Labute approximate surface area is 242 Å². The third-order valence-corrected chi connectivity index (χ3v) is 34.4. The number of allylic oxidation sites excluding steroid dienone is 2. The van der Waals surface area contributed by atoms with Gasteiger partial charge in [-0.2, -0.15) is 0 Å². The van der Waals surface area contributed by atoms with Crippen molar-refractivity contribution >= 4 is 19.1 Å². The predicted molar refractivity (Wildman–Crippen MR) is 157 cm³/mol. The molecule has 2 aliphatic carbocycles. The van der Waals surface area contributed by atoms with E-state index in [2.05, 4.69) is 139 Å². The molecule has 2 unspecified atom stereocenters. The molecule has 0 radical (unpaired) electrons. The van der Waals surface area contributed by atoms with Crippen molar-refractivity contribution in [2.24, 2.45) is 0 Å². The maximum absolute atomic E-state index is 3.62. The van der Waals surface area contributed by atoms with Crippen molar-refractivity contribution in [2.75, 3.05) is 0 Å². The normalized spacial score (nSPS) is 17.3. The fourth-order valence-electron chi connectivity index (χ4n) is 7.53. The van der Waals surface area contributed by atoms with Crippen molar-refractivity contribution in [3.05, 3.63) is 130 Å². The molecule has 0 heterocycles. The van der Waals surface area contributed by atoms with E-state index >= 15 is 0 Å². The molecule has 0 saturated carbocycles. The van der Waals surface area contributed by atoms with Crippen LogP contribution in [0.4, 0.5) is 0 Å². The van der Waals surface area contributed by atoms with Gasteiger partial charge in [0.1, 0.15) is 0 Å². The van der Waals surface area contributed by atoms with E-state index in [1.807, 2.05) is 0 Å². The summed E-state index contributed by atoms with van der Waals surface area (Å²) in [6.45, 7) is 7.22. The minimum Gasteiger partial charge on any atom is -1.00 e. The monoisotopic (exact) mass is 720 g/mol. The van der Waals surface area contributed by atoms with Crippen molar-refractivity contribution < 1.29 is 41.9 Å². The Balaban J connectivity index is 0.00000168. The van der Waals surface area contributed by atoms with Gasteiger partial charge < -0.3 is 24.8 Å². The van der Waals surface area contributed by atoms with E-state index in [1.54, 1.807) is 22.3 Å². The minimum absolute atomic E-state index is 0. The molecule has 0 nitrogen and oxygen atoms in total. The second-order valence-electron chi connectivity index (χ2n) is 11.9. The third-order valence-electron chi connectivity index (χ3n) is 8.62. The summed E-state index contributed by atoms with van der Waals surface area (Å²) in [5.74, 6) is 0. The van der Waals surface area contributed by atoms with E-state index < -0.39 is 17.1 Å².